The van der Waals surface area contributed by atoms with E-state index >= 15 is 0 Å². The fourth-order valence-corrected chi connectivity index (χ4v) is 1.47. The van der Waals surface area contributed by atoms with Crippen molar-refractivity contribution < 1.29 is 4.42 Å². The average molecular weight is 207 g/mol. The number of fused-ring (bicyclic) bond motifs is 1. The van der Waals surface area contributed by atoms with E-state index in [1.54, 1.807) is 18.5 Å². The first kappa shape index (κ1) is 9.23. The molecule has 14 heavy (non-hydrogen) atoms. The summed E-state index contributed by atoms with van der Waals surface area (Å²) >= 11 is 1.41. The van der Waals surface area contributed by atoms with E-state index in [0.717, 1.165) is 10.4 Å². The molecule has 0 radical (unpaired) electrons. The maximum Gasteiger partial charge on any atom is 0.233 e. The van der Waals surface area contributed by atoms with E-state index in [0.29, 0.717) is 17.4 Å². The number of nitrogens with two attached hydrogens (primary N) is 1. The van der Waals surface area contributed by atoms with E-state index in [1.807, 2.05) is 0 Å². The van der Waals surface area contributed by atoms with Gasteiger partial charge in [-0.25, -0.2) is 4.98 Å². The minimum Gasteiger partial charge on any atom is -0.434 e. The van der Waals surface area contributed by atoms with Crippen LogP contribution in [0.3, 0.4) is 0 Å². The van der Waals surface area contributed by atoms with Gasteiger partial charge in [-0.2, -0.15) is 0 Å². The lowest BCUT2D eigenvalue weighted by Gasteiger charge is -1.94. The largest absolute Gasteiger partial charge is 0.434 e. The number of oxazole rings is 1. The molecular weight excluding hydrogens is 198 g/mol. The first-order valence-electron chi connectivity index (χ1n) is 4.04. The third-order valence-electron chi connectivity index (χ3n) is 1.69. The van der Waals surface area contributed by atoms with Crippen LogP contribution in [0.25, 0.3) is 16.0 Å². The summed E-state index contributed by atoms with van der Waals surface area (Å²) in [4.78, 5) is 8.92. The lowest BCUT2D eigenvalue weighted by molar-refractivity contribution is 0.587. The molecule has 5 heteroatoms. The molecule has 2 aromatic heterocycles. The molecule has 0 amide bonds. The second kappa shape index (κ2) is 3.81. The molecule has 0 fully saturated rings. The number of hydrogen-bond donors (Lipinski definition) is 1. The van der Waals surface area contributed by atoms with Crippen molar-refractivity contribution in [1.29, 1.82) is 0 Å². The van der Waals surface area contributed by atoms with E-state index < -0.39 is 0 Å². The van der Waals surface area contributed by atoms with E-state index in [1.165, 1.54) is 11.8 Å². The molecule has 2 rings (SSSR count). The summed E-state index contributed by atoms with van der Waals surface area (Å²) in [7, 11) is 0. The van der Waals surface area contributed by atoms with Crippen LogP contribution in [-0.4, -0.2) is 15.8 Å². The average Bonchev–Trinajstić information content (AvgIpc) is 2.61. The summed E-state index contributed by atoms with van der Waals surface area (Å²) in [5.74, 6) is 0.985. The minimum atomic E-state index is 0.468. The van der Waals surface area contributed by atoms with Crippen LogP contribution in [0, 0.1) is 0 Å². The standard InChI is InChI=1S/C9H9N3OS/c1-6(14-5-10)9-12-7-2-3-11-4-8(7)13-9/h2-4H,1,5,10H2. The van der Waals surface area contributed by atoms with Crippen molar-refractivity contribution in [1.82, 2.24) is 9.97 Å². The van der Waals surface area contributed by atoms with E-state index in [4.69, 9.17) is 10.2 Å². The molecule has 0 unspecified atom stereocenters. The number of thioether (sulfide) groups is 1. The molecule has 0 aliphatic carbocycles. The zero-order chi connectivity index (χ0) is 9.97. The summed E-state index contributed by atoms with van der Waals surface area (Å²) in [6.45, 7) is 3.82. The summed E-state index contributed by atoms with van der Waals surface area (Å²) in [5, 5.41) is 0. The second-order valence-electron chi connectivity index (χ2n) is 2.60. The fraction of sp³-hybridized carbons (Fsp3) is 0.111. The molecular formula is C9H9N3OS. The Morgan fingerprint density at radius 1 is 1.64 bits per heavy atom. The van der Waals surface area contributed by atoms with Crippen molar-refractivity contribution in [3.63, 3.8) is 0 Å². The van der Waals surface area contributed by atoms with E-state index in [9.17, 15) is 0 Å². The Labute approximate surface area is 85.2 Å². The van der Waals surface area contributed by atoms with Gasteiger partial charge in [0.1, 0.15) is 5.52 Å². The van der Waals surface area contributed by atoms with Crippen LogP contribution >= 0.6 is 11.8 Å². The first-order valence-corrected chi connectivity index (χ1v) is 5.02. The van der Waals surface area contributed by atoms with Crippen molar-refractivity contribution >= 4 is 27.8 Å². The monoisotopic (exact) mass is 207 g/mol. The lowest BCUT2D eigenvalue weighted by atomic mass is 10.4. The quantitative estimate of drug-likeness (QED) is 0.778. The highest BCUT2D eigenvalue weighted by Crippen LogP contribution is 2.26. The zero-order valence-electron chi connectivity index (χ0n) is 7.43. The Morgan fingerprint density at radius 2 is 2.50 bits per heavy atom. The predicted octanol–water partition coefficient (Wildman–Crippen LogP) is 1.84. The molecule has 2 N–H and O–H groups in total. The first-order chi connectivity index (χ1) is 6.81. The molecule has 0 aromatic carbocycles. The molecule has 0 aliphatic heterocycles. The normalized spacial score (nSPS) is 10.6. The molecule has 0 spiro atoms. The molecule has 0 aliphatic rings. The number of aromatic nitrogens is 2. The molecule has 0 bridgehead atoms. The smallest absolute Gasteiger partial charge is 0.233 e. The van der Waals surface area contributed by atoms with E-state index in [2.05, 4.69) is 16.5 Å². The summed E-state index contributed by atoms with van der Waals surface area (Å²) in [6.07, 6.45) is 3.31. The van der Waals surface area contributed by atoms with Crippen molar-refractivity contribution in [2.24, 2.45) is 5.73 Å². The second-order valence-corrected chi connectivity index (χ2v) is 3.71. The molecule has 4 nitrogen and oxygen atoms in total. The van der Waals surface area contributed by atoms with Crippen LogP contribution in [0.1, 0.15) is 5.89 Å². The van der Waals surface area contributed by atoms with Gasteiger partial charge in [0.15, 0.2) is 5.58 Å². The summed E-state index contributed by atoms with van der Waals surface area (Å²) < 4.78 is 5.43. The van der Waals surface area contributed by atoms with Crippen molar-refractivity contribution in [3.8, 4) is 0 Å². The highest BCUT2D eigenvalue weighted by Gasteiger charge is 2.08. The van der Waals surface area contributed by atoms with E-state index in [-0.39, 0.29) is 0 Å². The Bertz CT molecular complexity index is 433. The number of nitrogens with zero attached hydrogens (tertiary/aromatic N) is 2. The van der Waals surface area contributed by atoms with Gasteiger partial charge < -0.3 is 10.2 Å². The van der Waals surface area contributed by atoms with Crippen LogP contribution in [0.5, 0.6) is 0 Å². The van der Waals surface area contributed by atoms with Gasteiger partial charge in [0.25, 0.3) is 0 Å². The fourth-order valence-electron chi connectivity index (χ4n) is 1.06. The minimum absolute atomic E-state index is 0.468. The molecule has 0 atom stereocenters. The Kier molecular flexibility index (Phi) is 2.51. The van der Waals surface area contributed by atoms with Crippen molar-refractivity contribution in [3.05, 3.63) is 30.9 Å². The number of pyridine rings is 1. The third kappa shape index (κ3) is 1.64. The van der Waals surface area contributed by atoms with Gasteiger partial charge in [-0.15, -0.1) is 11.8 Å². The summed E-state index contributed by atoms with van der Waals surface area (Å²) in [6, 6.07) is 1.79. The molecule has 2 heterocycles. The molecule has 0 saturated carbocycles. The van der Waals surface area contributed by atoms with Gasteiger partial charge in [0, 0.05) is 12.1 Å². The maximum atomic E-state index is 5.43. The van der Waals surface area contributed by atoms with Gasteiger partial charge in [0.05, 0.1) is 11.1 Å². The van der Waals surface area contributed by atoms with Gasteiger partial charge in [-0.05, 0) is 6.07 Å². The lowest BCUT2D eigenvalue weighted by Crippen LogP contribution is -1.92. The molecule has 2 aromatic rings. The number of hydrogen-bond acceptors (Lipinski definition) is 5. The Balaban J connectivity index is 2.40. The maximum absolute atomic E-state index is 5.43. The van der Waals surface area contributed by atoms with Crippen molar-refractivity contribution in [2.45, 2.75) is 0 Å². The van der Waals surface area contributed by atoms with Crippen LogP contribution < -0.4 is 5.73 Å². The number of rotatable bonds is 3. The zero-order valence-corrected chi connectivity index (χ0v) is 8.25. The van der Waals surface area contributed by atoms with Crippen LogP contribution in [0.4, 0.5) is 0 Å². The molecule has 0 saturated heterocycles. The topological polar surface area (TPSA) is 64.9 Å². The highest BCUT2D eigenvalue weighted by atomic mass is 32.2. The van der Waals surface area contributed by atoms with Crippen molar-refractivity contribution in [2.75, 3.05) is 5.88 Å². The SMILES string of the molecule is C=C(SCN)c1nc2ccncc2o1. The molecule has 72 valence electrons. The van der Waals surface area contributed by atoms with Gasteiger partial charge >= 0.3 is 0 Å². The van der Waals surface area contributed by atoms with Crippen LogP contribution in [0.15, 0.2) is 29.5 Å². The van der Waals surface area contributed by atoms with Gasteiger partial charge in [-0.1, -0.05) is 6.58 Å². The Hall–Kier alpha value is -1.33. The highest BCUT2D eigenvalue weighted by molar-refractivity contribution is 8.08. The summed E-state index contributed by atoms with van der Waals surface area (Å²) in [5.41, 5.74) is 6.84. The predicted molar refractivity (Wildman–Crippen MR) is 57.5 cm³/mol. The van der Waals surface area contributed by atoms with Crippen LogP contribution in [0.2, 0.25) is 0 Å². The van der Waals surface area contributed by atoms with Gasteiger partial charge in [0.2, 0.25) is 5.89 Å². The Morgan fingerprint density at radius 3 is 3.21 bits per heavy atom. The van der Waals surface area contributed by atoms with Crippen LogP contribution in [-0.2, 0) is 0 Å². The third-order valence-corrected chi connectivity index (χ3v) is 2.38. The van der Waals surface area contributed by atoms with Gasteiger partial charge in [-0.3, -0.25) is 4.98 Å².